The van der Waals surface area contributed by atoms with Crippen LogP contribution >= 0.6 is 11.6 Å². The first-order chi connectivity index (χ1) is 18.1. The molecule has 38 heavy (non-hydrogen) atoms. The van der Waals surface area contributed by atoms with Crippen molar-refractivity contribution in [3.63, 3.8) is 0 Å². The summed E-state index contributed by atoms with van der Waals surface area (Å²) in [5.74, 6) is -1.93. The largest absolute Gasteiger partial charge is 0.378 e. The minimum Gasteiger partial charge on any atom is -0.378 e. The van der Waals surface area contributed by atoms with Crippen molar-refractivity contribution in [3.8, 4) is 5.75 Å². The van der Waals surface area contributed by atoms with Gasteiger partial charge in [-0.25, -0.2) is 9.69 Å². The minimum atomic E-state index is -4.25. The molecule has 0 aromatic heterocycles. The number of nitrogens with zero attached hydrogens (tertiary/aromatic N) is 1. The monoisotopic (exact) mass is 546 g/mol. The lowest BCUT2D eigenvalue weighted by molar-refractivity contribution is -0.122. The van der Waals surface area contributed by atoms with Crippen molar-refractivity contribution in [1.29, 1.82) is 0 Å². The van der Waals surface area contributed by atoms with Gasteiger partial charge in [0.1, 0.15) is 10.5 Å². The predicted molar refractivity (Wildman–Crippen MR) is 143 cm³/mol. The van der Waals surface area contributed by atoms with E-state index in [1.54, 1.807) is 54.6 Å². The fraction of sp³-hybridized carbons (Fsp3) is 0.0357. The van der Waals surface area contributed by atoms with Crippen molar-refractivity contribution < 1.29 is 27.0 Å². The molecule has 1 aliphatic heterocycles. The number of fused-ring (bicyclic) bond motifs is 1. The topological polar surface area (TPSA) is 110 Å². The molecule has 0 bridgehead atoms. The van der Waals surface area contributed by atoms with Crippen LogP contribution in [0.4, 0.5) is 10.5 Å². The number of carbonyl (C=O) groups is 3. The molecule has 190 valence electrons. The van der Waals surface area contributed by atoms with Gasteiger partial charge in [-0.2, -0.15) is 8.42 Å². The van der Waals surface area contributed by atoms with E-state index >= 15 is 0 Å². The van der Waals surface area contributed by atoms with Crippen LogP contribution in [-0.2, 0) is 19.7 Å². The van der Waals surface area contributed by atoms with Crippen molar-refractivity contribution in [2.45, 2.75) is 11.8 Å². The highest BCUT2D eigenvalue weighted by Crippen LogP contribution is 2.34. The van der Waals surface area contributed by atoms with Gasteiger partial charge in [0.05, 0.1) is 5.69 Å². The fourth-order valence-corrected chi connectivity index (χ4v) is 5.15. The first kappa shape index (κ1) is 25.2. The number of aryl methyl sites for hydroxylation is 1. The molecule has 0 aliphatic carbocycles. The molecule has 0 radical (unpaired) electrons. The number of benzene rings is 4. The predicted octanol–water partition coefficient (Wildman–Crippen LogP) is 5.24. The highest BCUT2D eigenvalue weighted by molar-refractivity contribution is 7.87. The van der Waals surface area contributed by atoms with Crippen molar-refractivity contribution in [1.82, 2.24) is 5.32 Å². The Bertz CT molecular complexity index is 1760. The van der Waals surface area contributed by atoms with E-state index in [2.05, 4.69) is 5.32 Å². The van der Waals surface area contributed by atoms with E-state index in [0.717, 1.165) is 10.5 Å². The van der Waals surface area contributed by atoms with Crippen LogP contribution in [0.3, 0.4) is 0 Å². The second kappa shape index (κ2) is 9.77. The zero-order valence-electron chi connectivity index (χ0n) is 19.8. The molecule has 8 nitrogen and oxygen atoms in total. The Morgan fingerprint density at radius 3 is 2.37 bits per heavy atom. The summed E-state index contributed by atoms with van der Waals surface area (Å²) in [6, 6.07) is 21.4. The van der Waals surface area contributed by atoms with Crippen LogP contribution in [0.5, 0.6) is 5.75 Å². The Labute approximate surface area is 223 Å². The van der Waals surface area contributed by atoms with Gasteiger partial charge in [0.2, 0.25) is 0 Å². The van der Waals surface area contributed by atoms with Crippen molar-refractivity contribution in [2.24, 2.45) is 0 Å². The normalized spacial score (nSPS) is 15.2. The van der Waals surface area contributed by atoms with Crippen molar-refractivity contribution in [3.05, 3.63) is 107 Å². The number of rotatable bonds is 5. The molecule has 1 heterocycles. The molecule has 4 amide bonds. The maximum Gasteiger partial charge on any atom is 0.339 e. The molecule has 10 heteroatoms. The zero-order valence-corrected chi connectivity index (χ0v) is 21.4. The number of amides is 4. The van der Waals surface area contributed by atoms with E-state index in [9.17, 15) is 22.8 Å². The van der Waals surface area contributed by atoms with E-state index < -0.39 is 33.5 Å². The summed E-state index contributed by atoms with van der Waals surface area (Å²) in [6.45, 7) is 1.83. The summed E-state index contributed by atoms with van der Waals surface area (Å²) >= 11 is 6.04. The van der Waals surface area contributed by atoms with Gasteiger partial charge in [-0.05, 0) is 60.2 Å². The number of imide groups is 2. The average molecular weight is 547 g/mol. The number of anilines is 1. The summed E-state index contributed by atoms with van der Waals surface area (Å²) < 4.78 is 31.7. The van der Waals surface area contributed by atoms with Gasteiger partial charge in [0.15, 0.2) is 5.75 Å². The van der Waals surface area contributed by atoms with E-state index in [1.807, 2.05) is 6.92 Å². The Balaban J connectivity index is 1.64. The Morgan fingerprint density at radius 1 is 0.895 bits per heavy atom. The second-order valence-corrected chi connectivity index (χ2v) is 10.5. The third-order valence-electron chi connectivity index (χ3n) is 5.90. The lowest BCUT2D eigenvalue weighted by Crippen LogP contribution is -2.54. The number of barbiturate groups is 1. The third kappa shape index (κ3) is 4.77. The smallest absolute Gasteiger partial charge is 0.339 e. The molecular formula is C28H19ClN2O6S. The first-order valence-corrected chi connectivity index (χ1v) is 13.1. The minimum absolute atomic E-state index is 0.0564. The van der Waals surface area contributed by atoms with Crippen LogP contribution in [0.2, 0.25) is 5.02 Å². The SMILES string of the molecule is Cc1ccc(S(=O)(=O)Oc2ccc3ccccc3c2/C=C2\C(=O)NC(=O)N(c3cccc(Cl)c3)C2=O)cc1. The van der Waals surface area contributed by atoms with Gasteiger partial charge < -0.3 is 4.18 Å². The first-order valence-electron chi connectivity index (χ1n) is 11.3. The third-order valence-corrected chi connectivity index (χ3v) is 7.38. The van der Waals surface area contributed by atoms with Crippen LogP contribution in [0.15, 0.2) is 95.4 Å². The summed E-state index contributed by atoms with van der Waals surface area (Å²) in [7, 11) is -4.25. The molecule has 0 unspecified atom stereocenters. The maximum atomic E-state index is 13.4. The number of hydrogen-bond donors (Lipinski definition) is 1. The number of nitrogens with one attached hydrogen (secondary N) is 1. The number of carbonyl (C=O) groups excluding carboxylic acids is 3. The summed E-state index contributed by atoms with van der Waals surface area (Å²) in [5.41, 5.74) is 0.826. The Morgan fingerprint density at radius 2 is 1.63 bits per heavy atom. The molecule has 4 aromatic carbocycles. The van der Waals surface area contributed by atoms with Gasteiger partial charge in [-0.1, -0.05) is 65.7 Å². The average Bonchev–Trinajstić information content (AvgIpc) is 2.87. The maximum absolute atomic E-state index is 13.4. The van der Waals surface area contributed by atoms with Crippen molar-refractivity contribution in [2.75, 3.05) is 4.90 Å². The molecule has 0 atom stereocenters. The van der Waals surface area contributed by atoms with Gasteiger partial charge in [0, 0.05) is 10.6 Å². The fourth-order valence-electron chi connectivity index (χ4n) is 4.02. The van der Waals surface area contributed by atoms with Crippen LogP contribution < -0.4 is 14.4 Å². The number of halogens is 1. The van der Waals surface area contributed by atoms with E-state index in [0.29, 0.717) is 10.8 Å². The van der Waals surface area contributed by atoms with Gasteiger partial charge in [-0.15, -0.1) is 0 Å². The van der Waals surface area contributed by atoms with Crippen LogP contribution in [0.1, 0.15) is 11.1 Å². The van der Waals surface area contributed by atoms with E-state index in [-0.39, 0.29) is 26.9 Å². The summed E-state index contributed by atoms with van der Waals surface area (Å²) in [6.07, 6.45) is 1.23. The molecule has 1 N–H and O–H groups in total. The standard InChI is InChI=1S/C28H19ClN2O6S/c1-17-9-12-21(13-10-17)38(35,36)37-25-14-11-18-5-2-3-8-22(18)23(25)16-24-26(32)30-28(34)31(27(24)33)20-7-4-6-19(29)15-20/h2-16H,1H3,(H,30,32,34)/b24-16+. The van der Waals surface area contributed by atoms with Crippen LogP contribution in [-0.4, -0.2) is 26.3 Å². The number of urea groups is 1. The van der Waals surface area contributed by atoms with Crippen LogP contribution in [0, 0.1) is 6.92 Å². The van der Waals surface area contributed by atoms with Crippen LogP contribution in [0.25, 0.3) is 16.8 Å². The Hall–Kier alpha value is -4.47. The molecular weight excluding hydrogens is 528 g/mol. The zero-order chi connectivity index (χ0) is 27.0. The Kier molecular flexibility index (Phi) is 6.48. The molecule has 0 saturated carbocycles. The molecule has 1 aliphatic rings. The van der Waals surface area contributed by atoms with Gasteiger partial charge in [-0.3, -0.25) is 14.9 Å². The van der Waals surface area contributed by atoms with Gasteiger partial charge >= 0.3 is 16.1 Å². The molecule has 0 spiro atoms. The second-order valence-electron chi connectivity index (χ2n) is 8.49. The number of hydrogen-bond acceptors (Lipinski definition) is 6. The summed E-state index contributed by atoms with van der Waals surface area (Å²) in [4.78, 5) is 39.5. The van der Waals surface area contributed by atoms with E-state index in [1.165, 1.54) is 36.4 Å². The highest BCUT2D eigenvalue weighted by atomic mass is 35.5. The van der Waals surface area contributed by atoms with Gasteiger partial charge in [0.25, 0.3) is 11.8 Å². The lowest BCUT2D eigenvalue weighted by atomic mass is 10.00. The highest BCUT2D eigenvalue weighted by Gasteiger charge is 2.37. The lowest BCUT2D eigenvalue weighted by Gasteiger charge is -2.26. The van der Waals surface area contributed by atoms with E-state index in [4.69, 9.17) is 15.8 Å². The summed E-state index contributed by atoms with van der Waals surface area (Å²) in [5, 5.41) is 3.68. The molecule has 1 fully saturated rings. The van der Waals surface area contributed by atoms with Crippen molar-refractivity contribution >= 4 is 62.1 Å². The molecule has 4 aromatic rings. The molecule has 5 rings (SSSR count). The molecule has 1 saturated heterocycles. The quantitative estimate of drug-likeness (QED) is 0.208.